The Hall–Kier alpha value is -2.32. The van der Waals surface area contributed by atoms with Crippen LogP contribution in [0.15, 0.2) is 48.5 Å². The van der Waals surface area contributed by atoms with E-state index in [4.69, 9.17) is 21.7 Å². The van der Waals surface area contributed by atoms with Crippen molar-refractivity contribution in [1.29, 1.82) is 0 Å². The largest absolute Gasteiger partial charge is 0.497 e. The van der Waals surface area contributed by atoms with Gasteiger partial charge in [0.05, 0.1) is 37.8 Å². The van der Waals surface area contributed by atoms with Crippen LogP contribution in [0.1, 0.15) is 0 Å². The molecule has 0 saturated carbocycles. The number of ether oxygens (including phenoxy) is 2. The van der Waals surface area contributed by atoms with Crippen molar-refractivity contribution in [3.8, 4) is 11.5 Å². The van der Waals surface area contributed by atoms with Gasteiger partial charge in [0.2, 0.25) is 0 Å². The van der Waals surface area contributed by atoms with Gasteiger partial charge in [0.15, 0.2) is 14.9 Å². The number of nitrogens with zero attached hydrogens (tertiary/aromatic N) is 2. The van der Waals surface area contributed by atoms with Crippen LogP contribution >= 0.6 is 12.2 Å². The first kappa shape index (κ1) is 18.1. The molecule has 0 unspecified atom stereocenters. The van der Waals surface area contributed by atoms with Gasteiger partial charge in [0, 0.05) is 17.4 Å². The molecule has 2 atom stereocenters. The molecule has 0 aromatic heterocycles. The average Bonchev–Trinajstić information content (AvgIpc) is 3.10. The molecule has 8 heteroatoms. The summed E-state index contributed by atoms with van der Waals surface area (Å²) in [5.74, 6) is 1.62. The third kappa shape index (κ3) is 3.12. The first-order valence-electron chi connectivity index (χ1n) is 8.54. The Morgan fingerprint density at radius 1 is 0.889 bits per heavy atom. The highest BCUT2D eigenvalue weighted by molar-refractivity contribution is 7.91. The van der Waals surface area contributed by atoms with Gasteiger partial charge >= 0.3 is 0 Å². The maximum atomic E-state index is 12.4. The summed E-state index contributed by atoms with van der Waals surface area (Å²) in [5, 5.41) is 0.596. The molecule has 2 aromatic carbocycles. The molecule has 6 nitrogen and oxygen atoms in total. The maximum absolute atomic E-state index is 12.4. The highest BCUT2D eigenvalue weighted by Crippen LogP contribution is 2.39. The van der Waals surface area contributed by atoms with Crippen LogP contribution in [-0.2, 0) is 9.84 Å². The van der Waals surface area contributed by atoms with Gasteiger partial charge in [-0.2, -0.15) is 0 Å². The van der Waals surface area contributed by atoms with Crippen LogP contribution in [0.4, 0.5) is 11.4 Å². The van der Waals surface area contributed by atoms with E-state index in [1.165, 1.54) is 0 Å². The fraction of sp³-hybridized carbons (Fsp3) is 0.316. The van der Waals surface area contributed by atoms with E-state index in [-0.39, 0.29) is 23.6 Å². The Kier molecular flexibility index (Phi) is 4.47. The molecule has 2 aliphatic rings. The summed E-state index contributed by atoms with van der Waals surface area (Å²) >= 11 is 5.78. The summed E-state index contributed by atoms with van der Waals surface area (Å²) in [4.78, 5) is 3.89. The third-order valence-corrected chi connectivity index (χ3v) is 7.14. The Balaban J connectivity index is 1.77. The Morgan fingerprint density at radius 2 is 1.48 bits per heavy atom. The van der Waals surface area contributed by atoms with Gasteiger partial charge in [-0.15, -0.1) is 0 Å². The molecule has 0 amide bonds. The summed E-state index contributed by atoms with van der Waals surface area (Å²) in [7, 11) is 0.0776. The zero-order chi connectivity index (χ0) is 19.2. The lowest BCUT2D eigenvalue weighted by molar-refractivity contribution is 0.414. The number of methoxy groups -OCH3 is 2. The summed E-state index contributed by atoms with van der Waals surface area (Å²) in [6.07, 6.45) is 0. The van der Waals surface area contributed by atoms with E-state index in [2.05, 4.69) is 0 Å². The minimum Gasteiger partial charge on any atom is -0.497 e. The van der Waals surface area contributed by atoms with Gasteiger partial charge in [-0.3, -0.25) is 0 Å². The molecule has 0 aliphatic carbocycles. The number of benzene rings is 2. The Bertz CT molecular complexity index is 975. The van der Waals surface area contributed by atoms with E-state index in [0.717, 1.165) is 17.1 Å². The van der Waals surface area contributed by atoms with E-state index in [9.17, 15) is 8.42 Å². The molecular weight excluding hydrogens is 384 g/mol. The van der Waals surface area contributed by atoms with Crippen LogP contribution in [0.2, 0.25) is 0 Å². The molecular formula is C19H20N2O4S2. The number of fused-ring (bicyclic) bond motifs is 1. The van der Waals surface area contributed by atoms with Crippen molar-refractivity contribution in [2.24, 2.45) is 0 Å². The minimum absolute atomic E-state index is 0.0850. The number of thiocarbonyl (C=S) groups is 1. The summed E-state index contributed by atoms with van der Waals surface area (Å²) in [6.45, 7) is 0. The lowest BCUT2D eigenvalue weighted by atomic mass is 10.1. The summed E-state index contributed by atoms with van der Waals surface area (Å²) in [6, 6.07) is 14.6. The number of rotatable bonds is 4. The Morgan fingerprint density at radius 3 is 2.07 bits per heavy atom. The molecule has 2 fully saturated rings. The quantitative estimate of drug-likeness (QED) is 0.726. The smallest absolute Gasteiger partial charge is 0.181 e. The standard InChI is InChI=1S/C19H20N2O4S2/c1-24-15-8-6-13(7-9-15)20-17-11-27(22,23)12-18(17)21(19(20)26)14-4-3-5-16(10-14)25-2/h3-10,17-18H,11-12H2,1-2H3/t17-,18+/m0/s1. The zero-order valence-corrected chi connectivity index (χ0v) is 16.7. The predicted molar refractivity (Wildman–Crippen MR) is 110 cm³/mol. The van der Waals surface area contributed by atoms with Crippen LogP contribution in [-0.4, -0.2) is 51.3 Å². The second kappa shape index (κ2) is 6.69. The summed E-state index contributed by atoms with van der Waals surface area (Å²) in [5.41, 5.74) is 1.70. The molecule has 2 aliphatic heterocycles. The minimum atomic E-state index is -3.14. The molecule has 0 bridgehead atoms. The van der Waals surface area contributed by atoms with Gasteiger partial charge in [-0.25, -0.2) is 8.42 Å². The fourth-order valence-electron chi connectivity index (χ4n) is 3.81. The van der Waals surface area contributed by atoms with E-state index in [1.54, 1.807) is 14.2 Å². The first-order valence-corrected chi connectivity index (χ1v) is 10.8. The van der Waals surface area contributed by atoms with Crippen molar-refractivity contribution in [1.82, 2.24) is 0 Å². The molecule has 2 saturated heterocycles. The normalized spacial score (nSPS) is 23.4. The van der Waals surface area contributed by atoms with Crippen LogP contribution in [0.25, 0.3) is 0 Å². The molecule has 2 aromatic rings. The fourth-order valence-corrected chi connectivity index (χ4v) is 6.21. The molecule has 27 heavy (non-hydrogen) atoms. The zero-order valence-electron chi connectivity index (χ0n) is 15.0. The number of anilines is 2. The van der Waals surface area contributed by atoms with Crippen molar-refractivity contribution in [3.05, 3.63) is 48.5 Å². The van der Waals surface area contributed by atoms with Crippen LogP contribution in [0.5, 0.6) is 11.5 Å². The van der Waals surface area contributed by atoms with Gasteiger partial charge in [-0.1, -0.05) is 6.07 Å². The number of hydrogen-bond acceptors (Lipinski definition) is 5. The average molecular weight is 405 g/mol. The van der Waals surface area contributed by atoms with Gasteiger partial charge in [0.25, 0.3) is 0 Å². The molecule has 0 spiro atoms. The number of hydrogen-bond donors (Lipinski definition) is 0. The lowest BCUT2D eigenvalue weighted by Gasteiger charge is -2.26. The van der Waals surface area contributed by atoms with Gasteiger partial charge < -0.3 is 19.3 Å². The van der Waals surface area contributed by atoms with Crippen molar-refractivity contribution < 1.29 is 17.9 Å². The van der Waals surface area contributed by atoms with Gasteiger partial charge in [0.1, 0.15) is 11.5 Å². The SMILES string of the molecule is COc1ccc(N2C(=S)N(c3cccc(OC)c3)[C@@H]3CS(=O)(=O)C[C@@H]32)cc1. The summed E-state index contributed by atoms with van der Waals surface area (Å²) < 4.78 is 35.3. The molecule has 142 valence electrons. The van der Waals surface area contributed by atoms with E-state index in [1.807, 2.05) is 58.3 Å². The third-order valence-electron chi connectivity index (χ3n) is 5.05. The molecule has 4 rings (SSSR count). The second-order valence-electron chi connectivity index (χ2n) is 6.63. The second-order valence-corrected chi connectivity index (χ2v) is 9.15. The monoisotopic (exact) mass is 404 g/mol. The molecule has 2 heterocycles. The number of sulfone groups is 1. The maximum Gasteiger partial charge on any atom is 0.181 e. The lowest BCUT2D eigenvalue weighted by Crippen LogP contribution is -2.37. The molecule has 0 radical (unpaired) electrons. The van der Waals surface area contributed by atoms with Crippen LogP contribution in [0.3, 0.4) is 0 Å². The van der Waals surface area contributed by atoms with Crippen molar-refractivity contribution in [3.63, 3.8) is 0 Å². The van der Waals surface area contributed by atoms with Crippen molar-refractivity contribution in [2.75, 3.05) is 35.5 Å². The Labute approximate surface area is 164 Å². The van der Waals surface area contributed by atoms with Crippen molar-refractivity contribution >= 4 is 38.5 Å². The van der Waals surface area contributed by atoms with E-state index in [0.29, 0.717) is 10.9 Å². The van der Waals surface area contributed by atoms with E-state index < -0.39 is 9.84 Å². The molecule has 0 N–H and O–H groups in total. The first-order chi connectivity index (χ1) is 12.9. The van der Waals surface area contributed by atoms with Crippen LogP contribution in [0, 0.1) is 0 Å². The van der Waals surface area contributed by atoms with E-state index >= 15 is 0 Å². The highest BCUT2D eigenvalue weighted by Gasteiger charge is 2.52. The van der Waals surface area contributed by atoms with Gasteiger partial charge in [-0.05, 0) is 48.6 Å². The van der Waals surface area contributed by atoms with Crippen molar-refractivity contribution in [2.45, 2.75) is 12.1 Å². The predicted octanol–water partition coefficient (Wildman–Crippen LogP) is 2.48. The highest BCUT2D eigenvalue weighted by atomic mass is 32.2. The topological polar surface area (TPSA) is 59.1 Å². The van der Waals surface area contributed by atoms with Crippen LogP contribution < -0.4 is 19.3 Å².